The van der Waals surface area contributed by atoms with Gasteiger partial charge in [-0.15, -0.1) is 0 Å². The van der Waals surface area contributed by atoms with Gasteiger partial charge in [-0.25, -0.2) is 0 Å². The van der Waals surface area contributed by atoms with Crippen LogP contribution in [0, 0.1) is 6.07 Å². The Balaban J connectivity index is 2.24. The second kappa shape index (κ2) is 4.30. The molecule has 1 radical (unpaired) electrons. The molecule has 0 amide bonds. The van der Waals surface area contributed by atoms with E-state index in [9.17, 15) is 0 Å². The normalized spacial score (nSPS) is 10.1. The first-order chi connectivity index (χ1) is 6.86. The van der Waals surface area contributed by atoms with Crippen molar-refractivity contribution in [2.75, 3.05) is 0 Å². The van der Waals surface area contributed by atoms with Gasteiger partial charge in [-0.3, -0.25) is 0 Å². The summed E-state index contributed by atoms with van der Waals surface area (Å²) in [5.74, 6) is 0. The van der Waals surface area contributed by atoms with Crippen molar-refractivity contribution < 1.29 is 0 Å². The van der Waals surface area contributed by atoms with E-state index in [0.29, 0.717) is 0 Å². The second-order valence-electron chi connectivity index (χ2n) is 3.18. The van der Waals surface area contributed by atoms with Gasteiger partial charge in [0, 0.05) is 5.02 Å². The minimum absolute atomic E-state index is 0.830. The molecule has 0 aliphatic heterocycles. The Morgan fingerprint density at radius 1 is 1.07 bits per heavy atom. The zero-order chi connectivity index (χ0) is 9.80. The van der Waals surface area contributed by atoms with E-state index in [1.54, 1.807) is 0 Å². The molecule has 0 aliphatic rings. The van der Waals surface area contributed by atoms with E-state index in [1.807, 2.05) is 36.4 Å². The fraction of sp³-hybridized carbons (Fsp3) is 0.0769. The van der Waals surface area contributed by atoms with Gasteiger partial charge in [0.1, 0.15) is 0 Å². The monoisotopic (exact) mass is 201 g/mol. The van der Waals surface area contributed by atoms with E-state index in [0.717, 1.165) is 17.0 Å². The van der Waals surface area contributed by atoms with Crippen LogP contribution in [0.4, 0.5) is 0 Å². The van der Waals surface area contributed by atoms with Crippen LogP contribution in [0.15, 0.2) is 48.5 Å². The van der Waals surface area contributed by atoms with Crippen LogP contribution < -0.4 is 0 Å². The molecule has 2 aromatic rings. The zero-order valence-corrected chi connectivity index (χ0v) is 8.46. The largest absolute Gasteiger partial charge is 0.0840 e. The fourth-order valence-electron chi connectivity index (χ4n) is 1.40. The van der Waals surface area contributed by atoms with Crippen molar-refractivity contribution in [2.24, 2.45) is 0 Å². The second-order valence-corrected chi connectivity index (χ2v) is 3.59. The Morgan fingerprint density at radius 3 is 2.64 bits per heavy atom. The Bertz CT molecular complexity index is 407. The summed E-state index contributed by atoms with van der Waals surface area (Å²) in [6, 6.07) is 18.9. The highest BCUT2D eigenvalue weighted by Crippen LogP contribution is 2.18. The van der Waals surface area contributed by atoms with Crippen molar-refractivity contribution in [3.63, 3.8) is 0 Å². The van der Waals surface area contributed by atoms with Gasteiger partial charge in [-0.05, 0) is 29.7 Å². The molecule has 0 aromatic heterocycles. The Kier molecular flexibility index (Phi) is 2.85. The van der Waals surface area contributed by atoms with Crippen LogP contribution in [0.25, 0.3) is 0 Å². The molecule has 14 heavy (non-hydrogen) atoms. The molecule has 0 heterocycles. The van der Waals surface area contributed by atoms with Crippen LogP contribution in [-0.2, 0) is 6.42 Å². The van der Waals surface area contributed by atoms with E-state index >= 15 is 0 Å². The summed E-state index contributed by atoms with van der Waals surface area (Å²) in [4.78, 5) is 0. The molecule has 0 spiro atoms. The molecule has 2 rings (SSSR count). The lowest BCUT2D eigenvalue weighted by molar-refractivity contribution is 1.19. The maximum atomic E-state index is 6.06. The minimum atomic E-state index is 0.830. The highest BCUT2D eigenvalue weighted by Gasteiger charge is 1.99. The lowest BCUT2D eigenvalue weighted by Crippen LogP contribution is -1.88. The third-order valence-electron chi connectivity index (χ3n) is 2.12. The molecular weight excluding hydrogens is 192 g/mol. The van der Waals surface area contributed by atoms with Crippen LogP contribution >= 0.6 is 11.6 Å². The number of benzene rings is 2. The van der Waals surface area contributed by atoms with Gasteiger partial charge >= 0.3 is 0 Å². The maximum Gasteiger partial charge on any atom is 0.0441 e. The molecule has 0 saturated heterocycles. The first-order valence-electron chi connectivity index (χ1n) is 4.54. The minimum Gasteiger partial charge on any atom is -0.0840 e. The van der Waals surface area contributed by atoms with Gasteiger partial charge < -0.3 is 0 Å². The molecule has 0 fully saturated rings. The summed E-state index contributed by atoms with van der Waals surface area (Å²) in [5.41, 5.74) is 2.40. The van der Waals surface area contributed by atoms with Gasteiger partial charge in [0.05, 0.1) is 0 Å². The van der Waals surface area contributed by atoms with E-state index in [4.69, 9.17) is 11.6 Å². The molecule has 0 aliphatic carbocycles. The van der Waals surface area contributed by atoms with Gasteiger partial charge in [-0.2, -0.15) is 0 Å². The molecular formula is C13H10Cl. The van der Waals surface area contributed by atoms with Crippen molar-refractivity contribution >= 4 is 11.6 Å². The fourth-order valence-corrected chi connectivity index (χ4v) is 1.60. The highest BCUT2D eigenvalue weighted by molar-refractivity contribution is 6.31. The van der Waals surface area contributed by atoms with Crippen molar-refractivity contribution in [3.05, 3.63) is 70.7 Å². The van der Waals surface area contributed by atoms with Gasteiger partial charge in [-0.1, -0.05) is 54.1 Å². The Hall–Kier alpha value is -1.27. The van der Waals surface area contributed by atoms with Gasteiger partial charge in [0.25, 0.3) is 0 Å². The lowest BCUT2D eigenvalue weighted by atomic mass is 10.1. The molecule has 0 unspecified atom stereocenters. The summed E-state index contributed by atoms with van der Waals surface area (Å²) in [6.45, 7) is 0. The molecule has 0 saturated carbocycles. The molecule has 0 N–H and O–H groups in total. The Labute approximate surface area is 89.2 Å². The topological polar surface area (TPSA) is 0 Å². The molecule has 0 nitrogen and oxygen atoms in total. The number of rotatable bonds is 2. The van der Waals surface area contributed by atoms with Crippen LogP contribution in [-0.4, -0.2) is 0 Å². The van der Waals surface area contributed by atoms with E-state index < -0.39 is 0 Å². The SMILES string of the molecule is Clc1ccccc1Cc1c[c]ccc1. The van der Waals surface area contributed by atoms with Crippen LogP contribution in [0.3, 0.4) is 0 Å². The quantitative estimate of drug-likeness (QED) is 0.695. The summed E-state index contributed by atoms with van der Waals surface area (Å²) < 4.78 is 0. The van der Waals surface area contributed by atoms with Crippen LogP contribution in [0.5, 0.6) is 0 Å². The number of hydrogen-bond donors (Lipinski definition) is 0. The molecule has 2 aromatic carbocycles. The summed E-state index contributed by atoms with van der Waals surface area (Å²) >= 11 is 6.06. The first-order valence-corrected chi connectivity index (χ1v) is 4.92. The van der Waals surface area contributed by atoms with Crippen molar-refractivity contribution in [1.29, 1.82) is 0 Å². The summed E-state index contributed by atoms with van der Waals surface area (Å²) in [6.07, 6.45) is 0.872. The molecule has 69 valence electrons. The van der Waals surface area contributed by atoms with Crippen molar-refractivity contribution in [2.45, 2.75) is 6.42 Å². The van der Waals surface area contributed by atoms with E-state index in [-0.39, 0.29) is 0 Å². The molecule has 0 bridgehead atoms. The summed E-state index contributed by atoms with van der Waals surface area (Å²) in [5, 5.41) is 0.830. The van der Waals surface area contributed by atoms with Crippen LogP contribution in [0.1, 0.15) is 11.1 Å². The van der Waals surface area contributed by atoms with Crippen molar-refractivity contribution in [3.8, 4) is 0 Å². The van der Waals surface area contributed by atoms with Crippen LogP contribution in [0.2, 0.25) is 5.02 Å². The zero-order valence-electron chi connectivity index (χ0n) is 7.70. The average Bonchev–Trinajstić information content (AvgIpc) is 2.23. The highest BCUT2D eigenvalue weighted by atomic mass is 35.5. The van der Waals surface area contributed by atoms with E-state index in [2.05, 4.69) is 18.2 Å². The maximum absolute atomic E-state index is 6.06. The number of halogens is 1. The predicted molar refractivity (Wildman–Crippen MR) is 59.5 cm³/mol. The molecule has 0 atom stereocenters. The predicted octanol–water partition coefficient (Wildman–Crippen LogP) is 3.73. The lowest BCUT2D eigenvalue weighted by Gasteiger charge is -2.03. The third kappa shape index (κ3) is 2.15. The average molecular weight is 202 g/mol. The first kappa shape index (κ1) is 9.29. The summed E-state index contributed by atoms with van der Waals surface area (Å²) in [7, 11) is 0. The van der Waals surface area contributed by atoms with Gasteiger partial charge in [0.15, 0.2) is 0 Å². The van der Waals surface area contributed by atoms with E-state index in [1.165, 1.54) is 5.56 Å². The smallest absolute Gasteiger partial charge is 0.0441 e. The molecule has 1 heteroatoms. The standard InChI is InChI=1S/C13H10Cl/c14-13-9-5-4-8-12(13)10-11-6-2-1-3-7-11/h1-2,4-9H,10H2. The third-order valence-corrected chi connectivity index (χ3v) is 2.49. The number of hydrogen-bond acceptors (Lipinski definition) is 0. The Morgan fingerprint density at radius 2 is 1.93 bits per heavy atom. The van der Waals surface area contributed by atoms with Crippen molar-refractivity contribution in [1.82, 2.24) is 0 Å². The van der Waals surface area contributed by atoms with Gasteiger partial charge in [0.2, 0.25) is 0 Å².